The Morgan fingerprint density at radius 1 is 0.889 bits per heavy atom. The van der Waals surface area contributed by atoms with Crippen molar-refractivity contribution in [3.05, 3.63) is 66.2 Å². The molecule has 0 fully saturated rings. The highest BCUT2D eigenvalue weighted by atomic mass is 32.2. The van der Waals surface area contributed by atoms with E-state index in [4.69, 9.17) is 8.92 Å². The molecule has 146 valence electrons. The Kier molecular flexibility index (Phi) is 7.56. The second-order valence-electron chi connectivity index (χ2n) is 6.93. The van der Waals surface area contributed by atoms with Crippen molar-refractivity contribution in [1.82, 2.24) is 0 Å². The lowest BCUT2D eigenvalue weighted by molar-refractivity contribution is 0.0217. The lowest BCUT2D eigenvalue weighted by atomic mass is 10.0. The first kappa shape index (κ1) is 21.1. The average Bonchev–Trinajstić information content (AvgIpc) is 2.62. The molecule has 6 heteroatoms. The molecule has 0 saturated carbocycles. The van der Waals surface area contributed by atoms with E-state index in [2.05, 4.69) is 0 Å². The van der Waals surface area contributed by atoms with Crippen LogP contribution in [0.1, 0.15) is 44.0 Å². The van der Waals surface area contributed by atoms with Crippen molar-refractivity contribution in [3.8, 4) is 0 Å². The van der Waals surface area contributed by atoms with E-state index in [0.29, 0.717) is 18.4 Å². The van der Waals surface area contributed by atoms with E-state index < -0.39 is 28.3 Å². The van der Waals surface area contributed by atoms with Crippen molar-refractivity contribution in [2.45, 2.75) is 50.7 Å². The number of rotatable bonds is 9. The molecule has 0 aliphatic heterocycles. The zero-order valence-corrected chi connectivity index (χ0v) is 16.7. The first-order valence-corrected chi connectivity index (χ1v) is 10.4. The summed E-state index contributed by atoms with van der Waals surface area (Å²) in [6.07, 6.45) is -0.219. The molecule has 2 aromatic rings. The van der Waals surface area contributed by atoms with Crippen LogP contribution in [0, 0.1) is 5.92 Å². The van der Waals surface area contributed by atoms with Gasteiger partial charge in [-0.15, -0.1) is 0 Å². The molecule has 0 aromatic heterocycles. The molecule has 0 N–H and O–H groups in total. The third kappa shape index (κ3) is 6.81. The van der Waals surface area contributed by atoms with Crippen LogP contribution in [0.4, 0.5) is 0 Å². The lowest BCUT2D eigenvalue weighted by Gasteiger charge is -2.23. The quantitative estimate of drug-likeness (QED) is 0.468. The number of benzene rings is 2. The summed E-state index contributed by atoms with van der Waals surface area (Å²) < 4.78 is 36.0. The van der Waals surface area contributed by atoms with E-state index >= 15 is 0 Å². The maximum atomic E-state index is 12.5. The van der Waals surface area contributed by atoms with Crippen molar-refractivity contribution >= 4 is 16.1 Å². The summed E-state index contributed by atoms with van der Waals surface area (Å²) in [5.41, 5.74) is 0.461. The van der Waals surface area contributed by atoms with Crippen LogP contribution >= 0.6 is 0 Å². The number of hydrogen-bond donors (Lipinski definition) is 0. The minimum absolute atomic E-state index is 0.118. The number of ether oxygens (including phenoxy) is 1. The fourth-order valence-corrected chi connectivity index (χ4v) is 3.88. The van der Waals surface area contributed by atoms with E-state index in [1.165, 1.54) is 12.1 Å². The maximum absolute atomic E-state index is 12.5. The molecule has 0 heterocycles. The van der Waals surface area contributed by atoms with Gasteiger partial charge in [0.2, 0.25) is 0 Å². The highest BCUT2D eigenvalue weighted by molar-refractivity contribution is 7.86. The topological polar surface area (TPSA) is 69.7 Å². The van der Waals surface area contributed by atoms with Crippen molar-refractivity contribution in [2.75, 3.05) is 0 Å². The monoisotopic (exact) mass is 390 g/mol. The molecule has 2 unspecified atom stereocenters. The molecular formula is C21H26O5S. The van der Waals surface area contributed by atoms with Crippen LogP contribution < -0.4 is 0 Å². The van der Waals surface area contributed by atoms with Crippen LogP contribution in [0.2, 0.25) is 0 Å². The van der Waals surface area contributed by atoms with Gasteiger partial charge in [0.15, 0.2) is 0 Å². The third-order valence-corrected chi connectivity index (χ3v) is 5.32. The summed E-state index contributed by atoms with van der Waals surface area (Å²) in [5, 5.41) is 0. The number of carbonyl (C=O) groups excluding carboxylic acids is 1. The zero-order chi connectivity index (χ0) is 19.9. The van der Waals surface area contributed by atoms with Crippen LogP contribution in [-0.4, -0.2) is 26.6 Å². The van der Waals surface area contributed by atoms with Gasteiger partial charge in [-0.1, -0.05) is 50.2 Å². The Bertz CT molecular complexity index is 816. The average molecular weight is 391 g/mol. The summed E-state index contributed by atoms with van der Waals surface area (Å²) in [5.74, 6) is -0.199. The van der Waals surface area contributed by atoms with Crippen LogP contribution in [0.15, 0.2) is 65.6 Å². The van der Waals surface area contributed by atoms with Crippen LogP contribution in [0.3, 0.4) is 0 Å². The van der Waals surface area contributed by atoms with Gasteiger partial charge in [-0.3, -0.25) is 4.18 Å². The fourth-order valence-electron chi connectivity index (χ4n) is 2.77. The SMILES string of the molecule is CC(C)CC(CC(C)OC(=O)c1ccccc1)OS(=O)(=O)c1ccccc1. The minimum atomic E-state index is -3.87. The normalized spacial score (nSPS) is 13.9. The van der Waals surface area contributed by atoms with Gasteiger partial charge in [0.25, 0.3) is 10.1 Å². The molecule has 2 atom stereocenters. The second-order valence-corrected chi connectivity index (χ2v) is 8.50. The lowest BCUT2D eigenvalue weighted by Crippen LogP contribution is -2.27. The molecule has 0 spiro atoms. The number of esters is 1. The molecule has 2 rings (SSSR count). The molecule has 0 amide bonds. The van der Waals surface area contributed by atoms with E-state index in [-0.39, 0.29) is 10.8 Å². The molecule has 0 aliphatic rings. The number of carbonyl (C=O) groups is 1. The first-order chi connectivity index (χ1) is 12.8. The smallest absolute Gasteiger partial charge is 0.338 e. The summed E-state index contributed by atoms with van der Waals surface area (Å²) in [7, 11) is -3.87. The molecule has 27 heavy (non-hydrogen) atoms. The van der Waals surface area contributed by atoms with Crippen molar-refractivity contribution in [2.24, 2.45) is 5.92 Å². The van der Waals surface area contributed by atoms with E-state index in [1.54, 1.807) is 49.4 Å². The predicted molar refractivity (Wildman–Crippen MR) is 104 cm³/mol. The van der Waals surface area contributed by atoms with Gasteiger partial charge >= 0.3 is 5.97 Å². The van der Waals surface area contributed by atoms with Crippen molar-refractivity contribution in [3.63, 3.8) is 0 Å². The Morgan fingerprint density at radius 2 is 1.44 bits per heavy atom. The van der Waals surface area contributed by atoms with Crippen LogP contribution in [-0.2, 0) is 19.0 Å². The molecule has 0 saturated heterocycles. The third-order valence-electron chi connectivity index (χ3n) is 3.94. The molecular weight excluding hydrogens is 364 g/mol. The van der Waals surface area contributed by atoms with Crippen molar-refractivity contribution in [1.29, 1.82) is 0 Å². The Hall–Kier alpha value is -2.18. The summed E-state index contributed by atoms with van der Waals surface area (Å²) in [6.45, 7) is 5.73. The molecule has 0 radical (unpaired) electrons. The zero-order valence-electron chi connectivity index (χ0n) is 15.9. The van der Waals surface area contributed by atoms with Crippen molar-refractivity contribution < 1.29 is 22.1 Å². The van der Waals surface area contributed by atoms with Gasteiger partial charge in [0.1, 0.15) is 6.10 Å². The minimum Gasteiger partial charge on any atom is -0.459 e. The molecule has 5 nitrogen and oxygen atoms in total. The molecule has 2 aromatic carbocycles. The first-order valence-electron chi connectivity index (χ1n) is 9.02. The van der Waals surface area contributed by atoms with E-state index in [0.717, 1.165) is 0 Å². The van der Waals surface area contributed by atoms with Crippen LogP contribution in [0.5, 0.6) is 0 Å². The largest absolute Gasteiger partial charge is 0.459 e. The summed E-state index contributed by atoms with van der Waals surface area (Å²) in [4.78, 5) is 12.3. The number of hydrogen-bond acceptors (Lipinski definition) is 5. The van der Waals surface area contributed by atoms with E-state index in [1.807, 2.05) is 19.9 Å². The highest BCUT2D eigenvalue weighted by Gasteiger charge is 2.25. The maximum Gasteiger partial charge on any atom is 0.338 e. The van der Waals surface area contributed by atoms with Gasteiger partial charge in [-0.2, -0.15) is 8.42 Å². The van der Waals surface area contributed by atoms with Gasteiger partial charge in [-0.25, -0.2) is 4.79 Å². The van der Waals surface area contributed by atoms with Gasteiger partial charge < -0.3 is 4.74 Å². The van der Waals surface area contributed by atoms with Gasteiger partial charge in [0.05, 0.1) is 16.6 Å². The van der Waals surface area contributed by atoms with Gasteiger partial charge in [-0.05, 0) is 43.5 Å². The Balaban J connectivity index is 2.04. The molecule has 0 bridgehead atoms. The standard InChI is InChI=1S/C21H26O5S/c1-16(2)14-19(26-27(23,24)20-12-8-5-9-13-20)15-17(3)25-21(22)18-10-6-4-7-11-18/h4-13,16-17,19H,14-15H2,1-3H3. The molecule has 0 aliphatic carbocycles. The fraction of sp³-hybridized carbons (Fsp3) is 0.381. The van der Waals surface area contributed by atoms with Crippen LogP contribution in [0.25, 0.3) is 0 Å². The highest BCUT2D eigenvalue weighted by Crippen LogP contribution is 2.22. The Labute approximate surface area is 161 Å². The van der Waals surface area contributed by atoms with E-state index in [9.17, 15) is 13.2 Å². The second kappa shape index (κ2) is 9.67. The van der Waals surface area contributed by atoms with Gasteiger partial charge in [0, 0.05) is 6.42 Å². The summed E-state index contributed by atoms with van der Waals surface area (Å²) in [6, 6.07) is 16.7. The summed E-state index contributed by atoms with van der Waals surface area (Å²) >= 11 is 0. The Morgan fingerprint density at radius 3 is 2.00 bits per heavy atom. The predicted octanol–water partition coefficient (Wildman–Crippen LogP) is 4.44.